The molecule has 1 aromatic carbocycles. The van der Waals surface area contributed by atoms with Crippen molar-refractivity contribution in [3.8, 4) is 0 Å². The Morgan fingerprint density at radius 3 is 2.43 bits per heavy atom. The van der Waals surface area contributed by atoms with Crippen LogP contribution in [0.1, 0.15) is 69.8 Å². The van der Waals surface area contributed by atoms with Crippen LogP contribution in [0.3, 0.4) is 0 Å². The Hall–Kier alpha value is -2.55. The molecule has 0 amide bonds. The number of piperazine rings is 1. The monoisotopic (exact) mass is 413 g/mol. The predicted octanol–water partition coefficient (Wildman–Crippen LogP) is 3.75. The van der Waals surface area contributed by atoms with Crippen LogP contribution in [0, 0.1) is 10.1 Å². The summed E-state index contributed by atoms with van der Waals surface area (Å²) in [6.45, 7) is 5.86. The number of nitrogens with zero attached hydrogens (tertiary/aromatic N) is 7. The van der Waals surface area contributed by atoms with Crippen LogP contribution in [0.5, 0.6) is 0 Å². The van der Waals surface area contributed by atoms with Crippen LogP contribution in [-0.2, 0) is 0 Å². The molecule has 9 heteroatoms. The minimum Gasteiger partial charge on any atom is -0.369 e. The molecular formula is C21H31N7O2. The Kier molecular flexibility index (Phi) is 6.56. The van der Waals surface area contributed by atoms with Gasteiger partial charge in [0.1, 0.15) is 0 Å². The lowest BCUT2D eigenvalue weighted by Crippen LogP contribution is -2.48. The molecule has 1 atom stereocenters. The van der Waals surface area contributed by atoms with Crippen molar-refractivity contribution in [2.45, 2.75) is 64.0 Å². The third kappa shape index (κ3) is 4.45. The summed E-state index contributed by atoms with van der Waals surface area (Å²) in [7, 11) is 0. The topological polar surface area (TPSA) is 93.2 Å². The fourth-order valence-corrected chi connectivity index (χ4v) is 4.83. The van der Waals surface area contributed by atoms with Crippen LogP contribution >= 0.6 is 0 Å². The van der Waals surface area contributed by atoms with Gasteiger partial charge in [-0.1, -0.05) is 32.6 Å². The molecule has 1 aliphatic carbocycles. The SMILES string of the molecule is CCC[C@H](c1nnnn1C1CCCCC1)N1CCN(c2ccc([N+](=O)[O-])cc2)CC1. The highest BCUT2D eigenvalue weighted by atomic mass is 16.6. The number of hydrogen-bond donors (Lipinski definition) is 0. The maximum Gasteiger partial charge on any atom is 0.269 e. The van der Waals surface area contributed by atoms with Crippen LogP contribution in [-0.4, -0.2) is 56.2 Å². The van der Waals surface area contributed by atoms with E-state index in [2.05, 4.69) is 36.9 Å². The van der Waals surface area contributed by atoms with E-state index < -0.39 is 0 Å². The Bertz CT molecular complexity index is 824. The fourth-order valence-electron chi connectivity index (χ4n) is 4.83. The van der Waals surface area contributed by atoms with Gasteiger partial charge in [0.05, 0.1) is 17.0 Å². The normalized spacial score (nSPS) is 19.7. The number of aromatic nitrogens is 4. The quantitative estimate of drug-likeness (QED) is 0.504. The summed E-state index contributed by atoms with van der Waals surface area (Å²) in [6.07, 6.45) is 8.31. The highest BCUT2D eigenvalue weighted by molar-refractivity contribution is 5.51. The van der Waals surface area contributed by atoms with Crippen LogP contribution in [0.15, 0.2) is 24.3 Å². The summed E-state index contributed by atoms with van der Waals surface area (Å²) in [6, 6.07) is 7.54. The minimum absolute atomic E-state index is 0.134. The summed E-state index contributed by atoms with van der Waals surface area (Å²) in [5.41, 5.74) is 1.18. The second-order valence-corrected chi connectivity index (χ2v) is 8.37. The lowest BCUT2D eigenvalue weighted by atomic mass is 9.95. The van der Waals surface area contributed by atoms with Gasteiger partial charge in [0.25, 0.3) is 5.69 Å². The van der Waals surface area contributed by atoms with E-state index in [9.17, 15) is 10.1 Å². The third-order valence-corrected chi connectivity index (χ3v) is 6.48. The smallest absolute Gasteiger partial charge is 0.269 e. The predicted molar refractivity (Wildman–Crippen MR) is 114 cm³/mol. The molecule has 1 saturated carbocycles. The van der Waals surface area contributed by atoms with Crippen molar-refractivity contribution >= 4 is 11.4 Å². The first kappa shape index (κ1) is 20.7. The van der Waals surface area contributed by atoms with Crippen molar-refractivity contribution in [1.82, 2.24) is 25.1 Å². The van der Waals surface area contributed by atoms with Gasteiger partial charge in [0.15, 0.2) is 5.82 Å². The third-order valence-electron chi connectivity index (χ3n) is 6.48. The van der Waals surface area contributed by atoms with Gasteiger partial charge in [-0.25, -0.2) is 4.68 Å². The number of anilines is 1. The van der Waals surface area contributed by atoms with Gasteiger partial charge >= 0.3 is 0 Å². The molecule has 2 aliphatic rings. The second kappa shape index (κ2) is 9.51. The molecule has 0 radical (unpaired) electrons. The second-order valence-electron chi connectivity index (χ2n) is 8.37. The van der Waals surface area contributed by atoms with Gasteiger partial charge in [-0.2, -0.15) is 0 Å². The number of nitro groups is 1. The van der Waals surface area contributed by atoms with Crippen molar-refractivity contribution in [2.24, 2.45) is 0 Å². The van der Waals surface area contributed by atoms with E-state index >= 15 is 0 Å². The van der Waals surface area contributed by atoms with E-state index in [1.807, 2.05) is 12.1 Å². The molecule has 2 heterocycles. The van der Waals surface area contributed by atoms with Gasteiger partial charge in [-0.3, -0.25) is 15.0 Å². The summed E-state index contributed by atoms with van der Waals surface area (Å²) in [5.74, 6) is 1.02. The van der Waals surface area contributed by atoms with E-state index in [1.165, 1.54) is 32.1 Å². The number of benzene rings is 1. The number of rotatable bonds is 7. The maximum absolute atomic E-state index is 10.9. The molecule has 1 aliphatic heterocycles. The zero-order valence-electron chi connectivity index (χ0n) is 17.7. The molecule has 2 aromatic rings. The molecule has 1 aromatic heterocycles. The van der Waals surface area contributed by atoms with Crippen LogP contribution in [0.4, 0.5) is 11.4 Å². The van der Waals surface area contributed by atoms with E-state index in [4.69, 9.17) is 0 Å². The van der Waals surface area contributed by atoms with Crippen molar-refractivity contribution in [1.29, 1.82) is 0 Å². The number of non-ortho nitro benzene ring substituents is 1. The van der Waals surface area contributed by atoms with E-state index in [-0.39, 0.29) is 16.7 Å². The number of tetrazole rings is 1. The standard InChI is InChI=1S/C21H31N7O2/c1-2-6-20(21-22-23-24-27(21)18-7-4-3-5-8-18)26-15-13-25(14-16-26)17-9-11-19(12-10-17)28(29)30/h9-12,18,20H,2-8,13-16H2,1H3/t20-/m1/s1. The molecule has 0 bridgehead atoms. The fraction of sp³-hybridized carbons (Fsp3) is 0.667. The summed E-state index contributed by atoms with van der Waals surface area (Å²) < 4.78 is 2.11. The Morgan fingerprint density at radius 2 is 1.80 bits per heavy atom. The molecule has 0 spiro atoms. The summed E-state index contributed by atoms with van der Waals surface area (Å²) in [5, 5.41) is 23.8. The number of nitro benzene ring substituents is 1. The average Bonchev–Trinajstić information content (AvgIpc) is 3.28. The van der Waals surface area contributed by atoms with Crippen molar-refractivity contribution in [3.05, 3.63) is 40.2 Å². The minimum atomic E-state index is -0.354. The summed E-state index contributed by atoms with van der Waals surface area (Å²) >= 11 is 0. The van der Waals surface area contributed by atoms with Crippen molar-refractivity contribution in [3.63, 3.8) is 0 Å². The Morgan fingerprint density at radius 1 is 1.10 bits per heavy atom. The maximum atomic E-state index is 10.9. The van der Waals surface area contributed by atoms with Gasteiger partial charge in [-0.05, 0) is 41.8 Å². The first-order valence-corrected chi connectivity index (χ1v) is 11.2. The van der Waals surface area contributed by atoms with Gasteiger partial charge < -0.3 is 4.90 Å². The number of hydrogen-bond acceptors (Lipinski definition) is 7. The Balaban J connectivity index is 1.44. The first-order chi connectivity index (χ1) is 14.7. The first-order valence-electron chi connectivity index (χ1n) is 11.2. The lowest BCUT2D eigenvalue weighted by Gasteiger charge is -2.40. The highest BCUT2D eigenvalue weighted by Crippen LogP contribution is 2.32. The van der Waals surface area contributed by atoms with Crippen LogP contribution < -0.4 is 4.90 Å². The average molecular weight is 414 g/mol. The molecule has 2 fully saturated rings. The molecule has 162 valence electrons. The highest BCUT2D eigenvalue weighted by Gasteiger charge is 2.31. The van der Waals surface area contributed by atoms with Gasteiger partial charge in [0.2, 0.25) is 0 Å². The molecule has 4 rings (SSSR count). The molecule has 9 nitrogen and oxygen atoms in total. The largest absolute Gasteiger partial charge is 0.369 e. The zero-order valence-corrected chi connectivity index (χ0v) is 17.7. The molecule has 0 N–H and O–H groups in total. The molecule has 1 saturated heterocycles. The summed E-state index contributed by atoms with van der Waals surface area (Å²) in [4.78, 5) is 15.3. The van der Waals surface area contributed by atoms with Crippen LogP contribution in [0.2, 0.25) is 0 Å². The van der Waals surface area contributed by atoms with E-state index in [0.717, 1.165) is 50.5 Å². The molecule has 0 unspecified atom stereocenters. The van der Waals surface area contributed by atoms with Gasteiger partial charge in [-0.15, -0.1) is 5.10 Å². The van der Waals surface area contributed by atoms with E-state index in [1.54, 1.807) is 12.1 Å². The van der Waals surface area contributed by atoms with E-state index in [0.29, 0.717) is 6.04 Å². The lowest BCUT2D eigenvalue weighted by molar-refractivity contribution is -0.384. The molecular weight excluding hydrogens is 382 g/mol. The van der Waals surface area contributed by atoms with Crippen LogP contribution in [0.25, 0.3) is 0 Å². The Labute approximate surface area is 177 Å². The van der Waals surface area contributed by atoms with Crippen molar-refractivity contribution in [2.75, 3.05) is 31.1 Å². The zero-order chi connectivity index (χ0) is 20.9. The van der Waals surface area contributed by atoms with Crippen molar-refractivity contribution < 1.29 is 4.92 Å². The molecule has 30 heavy (non-hydrogen) atoms. The van der Waals surface area contributed by atoms with Gasteiger partial charge in [0, 0.05) is 44.0 Å².